The molecule has 0 radical (unpaired) electrons. The molecule has 0 saturated heterocycles. The molecule has 0 spiro atoms. The highest BCUT2D eigenvalue weighted by molar-refractivity contribution is 9.12. The highest BCUT2D eigenvalue weighted by atomic mass is 79.9. The van der Waals surface area contributed by atoms with Crippen molar-refractivity contribution in [1.29, 1.82) is 0 Å². The van der Waals surface area contributed by atoms with Crippen LogP contribution in [-0.2, 0) is 16.0 Å². The molecule has 0 amide bonds. The summed E-state index contributed by atoms with van der Waals surface area (Å²) in [6.45, 7) is 1.86. The van der Waals surface area contributed by atoms with E-state index in [4.69, 9.17) is 0 Å². The lowest BCUT2D eigenvalue weighted by Gasteiger charge is -2.22. The molecule has 0 aliphatic carbocycles. The molecule has 2 rings (SSSR count). The topological polar surface area (TPSA) is 40.5 Å². The van der Waals surface area contributed by atoms with E-state index in [1.165, 1.54) is 0 Å². The molecule has 0 atom stereocenters. The molecule has 0 unspecified atom stereocenters. The van der Waals surface area contributed by atoms with Crippen molar-refractivity contribution in [3.05, 3.63) is 40.1 Å². The highest BCUT2D eigenvalue weighted by Crippen LogP contribution is 2.53. The molecule has 2 aromatic carbocycles. The number of benzene rings is 2. The van der Waals surface area contributed by atoms with Crippen LogP contribution >= 0.6 is 112 Å². The Morgan fingerprint density at radius 2 is 0.920 bits per heavy atom. The van der Waals surface area contributed by atoms with Crippen molar-refractivity contribution in [2.24, 2.45) is 0 Å². The van der Waals surface area contributed by atoms with E-state index >= 15 is 0 Å². The van der Waals surface area contributed by atoms with E-state index in [1.54, 1.807) is 0 Å². The van der Waals surface area contributed by atoms with Gasteiger partial charge < -0.3 is 10.2 Å². The smallest absolute Gasteiger partial charge is 0.125 e. The average molecular weight is 795 g/mol. The summed E-state index contributed by atoms with van der Waals surface area (Å²) in [5, 5.41) is 22.5. The first-order chi connectivity index (χ1) is 11.7. The normalized spacial score (nSPS) is 11.2. The Labute approximate surface area is 205 Å². The van der Waals surface area contributed by atoms with Crippen LogP contribution < -0.4 is 0 Å². The van der Waals surface area contributed by atoms with E-state index in [2.05, 4.69) is 112 Å². The van der Waals surface area contributed by atoms with E-state index in [1.807, 2.05) is 6.92 Å². The van der Waals surface area contributed by atoms with Crippen molar-refractivity contribution in [3.63, 3.8) is 0 Å². The Morgan fingerprint density at radius 3 is 1.28 bits per heavy atom. The van der Waals surface area contributed by atoms with Crippen molar-refractivity contribution < 1.29 is 10.2 Å². The van der Waals surface area contributed by atoms with Crippen molar-refractivity contribution in [2.45, 2.75) is 22.9 Å². The minimum Gasteiger partial charge on any atom is -0.507 e. The largest absolute Gasteiger partial charge is 0.507 e. The Kier molecular flexibility index (Phi) is 8.41. The van der Waals surface area contributed by atoms with Crippen LogP contribution in [0.25, 0.3) is 11.1 Å². The molecule has 25 heavy (non-hydrogen) atoms. The molecule has 2 N–H and O–H groups in total. The molecule has 2 nitrogen and oxygen atoms in total. The Morgan fingerprint density at radius 1 is 0.600 bits per heavy atom. The van der Waals surface area contributed by atoms with Crippen molar-refractivity contribution in [3.8, 4) is 22.6 Å². The maximum absolute atomic E-state index is 10.6. The number of hydrogen-bond acceptors (Lipinski definition) is 2. The second kappa shape index (κ2) is 9.27. The summed E-state index contributed by atoms with van der Waals surface area (Å²) < 4.78 is 3.14. The second-order valence-corrected chi connectivity index (χ2v) is 10.0. The third-order valence-corrected chi connectivity index (χ3v) is 9.16. The molecular formula is C16H11Br7O2. The summed E-state index contributed by atoms with van der Waals surface area (Å²) >= 11 is 24.9. The third kappa shape index (κ3) is 3.94. The zero-order chi connectivity index (χ0) is 19.0. The van der Waals surface area contributed by atoms with Crippen LogP contribution in [0.15, 0.2) is 17.9 Å². The molecule has 0 aliphatic rings. The summed E-state index contributed by atoms with van der Waals surface area (Å²) in [6, 6.07) is 0. The maximum Gasteiger partial charge on any atom is 0.125 e. The fraction of sp³-hybridized carbons (Fsp3) is 0.250. The number of phenols is 2. The first-order valence-electron chi connectivity index (χ1n) is 6.82. The van der Waals surface area contributed by atoms with Gasteiger partial charge >= 0.3 is 0 Å². The zero-order valence-electron chi connectivity index (χ0n) is 12.7. The summed E-state index contributed by atoms with van der Waals surface area (Å²) in [6.07, 6.45) is 0. The molecule has 0 saturated carbocycles. The van der Waals surface area contributed by atoms with Gasteiger partial charge in [0.1, 0.15) is 11.5 Å². The molecule has 136 valence electrons. The van der Waals surface area contributed by atoms with Gasteiger partial charge in [-0.2, -0.15) is 0 Å². The van der Waals surface area contributed by atoms with Gasteiger partial charge in [0, 0.05) is 67.3 Å². The lowest BCUT2D eigenvalue weighted by atomic mass is 9.96. The van der Waals surface area contributed by atoms with Gasteiger partial charge in [-0.3, -0.25) is 0 Å². The van der Waals surface area contributed by atoms with Crippen LogP contribution in [-0.4, -0.2) is 10.2 Å². The van der Waals surface area contributed by atoms with Crippen molar-refractivity contribution >= 4 is 112 Å². The molecule has 0 aromatic heterocycles. The predicted molar refractivity (Wildman–Crippen MR) is 129 cm³/mol. The lowest BCUT2D eigenvalue weighted by molar-refractivity contribution is 0.464. The summed E-state index contributed by atoms with van der Waals surface area (Å²) in [7, 11) is 0. The van der Waals surface area contributed by atoms with Crippen LogP contribution in [0.4, 0.5) is 0 Å². The van der Waals surface area contributed by atoms with Gasteiger partial charge in [-0.15, -0.1) is 0 Å². The molecule has 0 bridgehead atoms. The molecule has 0 heterocycles. The Bertz CT molecular complexity index is 819. The SMILES string of the molecule is Cc1c(O)c(CBr)c(Br)c(-c2c(Br)c(CBr)c(O)c(CBr)c2Br)c1Br. The second-order valence-electron chi connectivity index (χ2n) is 5.16. The number of halogens is 7. The predicted octanol–water partition coefficient (Wildman–Crippen LogP) is 8.81. The highest BCUT2D eigenvalue weighted by Gasteiger charge is 2.27. The van der Waals surface area contributed by atoms with E-state index in [0.29, 0.717) is 16.0 Å². The van der Waals surface area contributed by atoms with Gasteiger partial charge in [-0.05, 0) is 70.6 Å². The molecule has 0 aliphatic heterocycles. The van der Waals surface area contributed by atoms with Gasteiger partial charge in [-0.25, -0.2) is 0 Å². The van der Waals surface area contributed by atoms with E-state index in [0.717, 1.165) is 51.3 Å². The van der Waals surface area contributed by atoms with Crippen LogP contribution in [0.5, 0.6) is 11.5 Å². The van der Waals surface area contributed by atoms with Crippen LogP contribution in [0, 0.1) is 6.92 Å². The summed E-state index contributed by atoms with van der Waals surface area (Å²) in [5.41, 5.74) is 4.83. The summed E-state index contributed by atoms with van der Waals surface area (Å²) in [4.78, 5) is 0. The van der Waals surface area contributed by atoms with Gasteiger partial charge in [0.05, 0.1) is 0 Å². The fourth-order valence-electron chi connectivity index (χ4n) is 2.46. The lowest BCUT2D eigenvalue weighted by Crippen LogP contribution is -1.99. The van der Waals surface area contributed by atoms with Gasteiger partial charge in [0.2, 0.25) is 0 Å². The van der Waals surface area contributed by atoms with Crippen molar-refractivity contribution in [1.82, 2.24) is 0 Å². The van der Waals surface area contributed by atoms with Crippen molar-refractivity contribution in [2.75, 3.05) is 0 Å². The van der Waals surface area contributed by atoms with Gasteiger partial charge in [0.25, 0.3) is 0 Å². The van der Waals surface area contributed by atoms with E-state index in [9.17, 15) is 10.2 Å². The number of alkyl halides is 3. The Hall–Kier alpha value is 1.40. The van der Waals surface area contributed by atoms with E-state index < -0.39 is 0 Å². The standard InChI is InChI=1S/C16H11Br7O2/c1-5-11(20)9(12(21)6(2-17)15(5)24)10-13(22)7(3-18)16(25)8(4-19)14(10)23/h24-25H,2-4H2,1H3. The minimum atomic E-state index is 0.236. The summed E-state index contributed by atoms with van der Waals surface area (Å²) in [5.74, 6) is 0.478. The molecule has 0 fully saturated rings. The van der Waals surface area contributed by atoms with Crippen LogP contribution in [0.1, 0.15) is 22.3 Å². The van der Waals surface area contributed by atoms with Gasteiger partial charge in [0.15, 0.2) is 0 Å². The number of phenolic OH excluding ortho intramolecular Hbond substituents is 2. The van der Waals surface area contributed by atoms with Crippen LogP contribution in [0.2, 0.25) is 0 Å². The average Bonchev–Trinajstić information content (AvgIpc) is 2.57. The molecular weight excluding hydrogens is 784 g/mol. The third-order valence-electron chi connectivity index (χ3n) is 3.87. The first-order valence-corrected chi connectivity index (χ1v) is 13.4. The van der Waals surface area contributed by atoms with Gasteiger partial charge in [-0.1, -0.05) is 47.8 Å². The first kappa shape index (κ1) is 22.7. The van der Waals surface area contributed by atoms with E-state index in [-0.39, 0.29) is 11.5 Å². The molecule has 9 heteroatoms. The zero-order valence-corrected chi connectivity index (χ0v) is 23.8. The quantitative estimate of drug-likeness (QED) is 0.304. The number of hydrogen-bond donors (Lipinski definition) is 2. The fourth-order valence-corrected chi connectivity index (χ4v) is 8.52. The molecule has 2 aromatic rings. The Balaban J connectivity index is 3.05. The monoisotopic (exact) mass is 788 g/mol. The number of aromatic hydroxyl groups is 2. The number of rotatable bonds is 4. The van der Waals surface area contributed by atoms with Crippen LogP contribution in [0.3, 0.4) is 0 Å². The maximum atomic E-state index is 10.6. The minimum absolute atomic E-state index is 0.236.